The molecule has 8 nitrogen and oxygen atoms in total. The van der Waals surface area contributed by atoms with Crippen molar-refractivity contribution in [2.75, 3.05) is 26.2 Å². The molecule has 0 aromatic heterocycles. The van der Waals surface area contributed by atoms with Crippen molar-refractivity contribution in [3.63, 3.8) is 0 Å². The molecule has 0 saturated carbocycles. The van der Waals surface area contributed by atoms with E-state index in [2.05, 4.69) is 19.6 Å². The average Bonchev–Trinajstić information content (AvgIpc) is 2.74. The smallest absolute Gasteiger partial charge is 0.342 e. The minimum atomic E-state index is -1.35. The second-order valence-corrected chi connectivity index (χ2v) is 16.0. The fourth-order valence-electron chi connectivity index (χ4n) is 3.00. The van der Waals surface area contributed by atoms with E-state index in [1.54, 1.807) is 57.2 Å². The van der Waals surface area contributed by atoms with E-state index >= 15 is 0 Å². The van der Waals surface area contributed by atoms with Gasteiger partial charge in [-0.15, -0.1) is 0 Å². The number of carbonyl (C=O) groups is 2. The number of nitrogens with two attached hydrogens (primary N) is 1. The molecule has 0 aliphatic carbocycles. The van der Waals surface area contributed by atoms with Crippen LogP contribution in [0.3, 0.4) is 0 Å². The lowest BCUT2D eigenvalue weighted by Crippen LogP contribution is -2.24. The van der Waals surface area contributed by atoms with Gasteiger partial charge < -0.3 is 29.4 Å². The zero-order chi connectivity index (χ0) is 26.2. The van der Waals surface area contributed by atoms with Crippen LogP contribution >= 0.6 is 0 Å². The topological polar surface area (TPSA) is 106 Å². The highest BCUT2D eigenvalue weighted by Crippen LogP contribution is 2.34. The summed E-state index contributed by atoms with van der Waals surface area (Å²) in [6, 6.07) is 10.7. The number of anilines is 1. The fraction of sp³-hybridized carbons (Fsp3) is 0.462. The third-order valence-corrected chi connectivity index (χ3v) is 6.44. The first-order valence-electron chi connectivity index (χ1n) is 11.5. The second-order valence-electron chi connectivity index (χ2n) is 10.3. The van der Waals surface area contributed by atoms with Gasteiger partial charge in [0.1, 0.15) is 17.8 Å². The molecule has 9 heteroatoms. The molecule has 2 aromatic rings. The first-order valence-corrected chi connectivity index (χ1v) is 15.2. The maximum Gasteiger partial charge on any atom is 0.342 e. The molecule has 0 aliphatic heterocycles. The molecule has 0 radical (unpaired) electrons. The van der Waals surface area contributed by atoms with Gasteiger partial charge in [-0.2, -0.15) is 0 Å². The van der Waals surface area contributed by atoms with Crippen LogP contribution in [0, 0.1) is 0 Å². The Labute approximate surface area is 208 Å². The van der Waals surface area contributed by atoms with Gasteiger partial charge in [-0.1, -0.05) is 25.7 Å². The standard InChI is InChI=1S/C26H37NO7Si/c1-26(2,3)34-25(29)21-9-8-10-22(33-17-30-4)23(21)32-16-18-15-19(27)11-12-20(18)24(28)31-13-14-35(5,6)7/h8-12,15H,13-14,16-17,27H2,1-7H3. The van der Waals surface area contributed by atoms with Crippen LogP contribution < -0.4 is 15.2 Å². The predicted molar refractivity (Wildman–Crippen MR) is 138 cm³/mol. The van der Waals surface area contributed by atoms with Crippen molar-refractivity contribution in [2.24, 2.45) is 0 Å². The van der Waals surface area contributed by atoms with Crippen molar-refractivity contribution in [2.45, 2.75) is 58.7 Å². The first-order chi connectivity index (χ1) is 16.3. The number of para-hydroxylation sites is 1. The van der Waals surface area contributed by atoms with E-state index in [1.807, 2.05) is 0 Å². The van der Waals surface area contributed by atoms with Crippen LogP contribution in [-0.4, -0.2) is 46.1 Å². The number of methoxy groups -OCH3 is 1. The summed E-state index contributed by atoms with van der Waals surface area (Å²) >= 11 is 0. The van der Waals surface area contributed by atoms with Gasteiger partial charge in [-0.3, -0.25) is 0 Å². The summed E-state index contributed by atoms with van der Waals surface area (Å²) in [5.41, 5.74) is 6.82. The summed E-state index contributed by atoms with van der Waals surface area (Å²) in [6.45, 7) is 12.3. The maximum atomic E-state index is 12.9. The minimum Gasteiger partial charge on any atom is -0.484 e. The average molecular weight is 504 g/mol. The molecule has 0 fully saturated rings. The Morgan fingerprint density at radius 1 is 0.971 bits per heavy atom. The molecule has 2 aromatic carbocycles. The lowest BCUT2D eigenvalue weighted by atomic mass is 10.1. The zero-order valence-corrected chi connectivity index (χ0v) is 22.7. The summed E-state index contributed by atoms with van der Waals surface area (Å²) in [7, 11) is 0.143. The Balaban J connectivity index is 2.32. The Morgan fingerprint density at radius 2 is 1.69 bits per heavy atom. The van der Waals surface area contributed by atoms with Crippen LogP contribution in [0.25, 0.3) is 0 Å². The minimum absolute atomic E-state index is 0.0406. The number of hydrogen-bond donors (Lipinski definition) is 1. The summed E-state index contributed by atoms with van der Waals surface area (Å²) in [5, 5.41) is 0. The molecule has 35 heavy (non-hydrogen) atoms. The van der Waals surface area contributed by atoms with Crippen molar-refractivity contribution in [1.29, 1.82) is 0 Å². The fourth-order valence-corrected chi connectivity index (χ4v) is 3.72. The molecule has 0 spiro atoms. The SMILES string of the molecule is COCOc1cccc(C(=O)OC(C)(C)C)c1OCc1cc(N)ccc1C(=O)OCC[Si](C)(C)C. The molecule has 0 heterocycles. The van der Waals surface area contributed by atoms with E-state index in [0.717, 1.165) is 6.04 Å². The van der Waals surface area contributed by atoms with E-state index in [9.17, 15) is 9.59 Å². The number of hydrogen-bond acceptors (Lipinski definition) is 8. The van der Waals surface area contributed by atoms with Gasteiger partial charge in [0.05, 0.1) is 12.2 Å². The summed E-state index contributed by atoms with van der Waals surface area (Å²) in [6.07, 6.45) is 0. The van der Waals surface area contributed by atoms with Gasteiger partial charge in [-0.05, 0) is 57.1 Å². The summed E-state index contributed by atoms with van der Waals surface area (Å²) in [4.78, 5) is 25.7. The summed E-state index contributed by atoms with van der Waals surface area (Å²) in [5.74, 6) is -0.523. The molecule has 2 N–H and O–H groups in total. The monoisotopic (exact) mass is 503 g/mol. The van der Waals surface area contributed by atoms with Gasteiger partial charge in [0.25, 0.3) is 0 Å². The molecule has 0 unspecified atom stereocenters. The molecular formula is C26H37NO7Si. The van der Waals surface area contributed by atoms with Crippen LogP contribution in [0.15, 0.2) is 36.4 Å². The van der Waals surface area contributed by atoms with Crippen molar-refractivity contribution < 1.29 is 33.3 Å². The van der Waals surface area contributed by atoms with E-state index in [4.69, 9.17) is 29.4 Å². The summed E-state index contributed by atoms with van der Waals surface area (Å²) < 4.78 is 27.7. The van der Waals surface area contributed by atoms with E-state index < -0.39 is 25.6 Å². The Kier molecular flexibility index (Phi) is 9.73. The van der Waals surface area contributed by atoms with Crippen LogP contribution in [0.2, 0.25) is 25.7 Å². The van der Waals surface area contributed by atoms with Crippen molar-refractivity contribution >= 4 is 25.7 Å². The van der Waals surface area contributed by atoms with E-state index in [-0.39, 0.29) is 24.7 Å². The highest BCUT2D eigenvalue weighted by molar-refractivity contribution is 6.76. The second kappa shape index (κ2) is 12.1. The molecule has 0 saturated heterocycles. The van der Waals surface area contributed by atoms with E-state index in [0.29, 0.717) is 29.2 Å². The maximum absolute atomic E-state index is 12.9. The number of ether oxygens (including phenoxy) is 5. The molecule has 0 bridgehead atoms. The number of carbonyl (C=O) groups excluding carboxylic acids is 2. The van der Waals surface area contributed by atoms with Crippen LogP contribution in [0.5, 0.6) is 11.5 Å². The predicted octanol–water partition coefficient (Wildman–Crippen LogP) is 5.28. The Bertz CT molecular complexity index is 1030. The first kappa shape index (κ1) is 28.2. The Morgan fingerprint density at radius 3 is 2.31 bits per heavy atom. The molecule has 0 atom stereocenters. The van der Waals surface area contributed by atoms with E-state index in [1.165, 1.54) is 7.11 Å². The molecule has 2 rings (SSSR count). The van der Waals surface area contributed by atoms with Crippen molar-refractivity contribution in [3.8, 4) is 11.5 Å². The molecule has 0 amide bonds. The third-order valence-electron chi connectivity index (χ3n) is 4.74. The number of nitrogen functional groups attached to an aromatic ring is 1. The van der Waals surface area contributed by atoms with Gasteiger partial charge in [0, 0.05) is 26.4 Å². The lowest BCUT2D eigenvalue weighted by Gasteiger charge is -2.22. The van der Waals surface area contributed by atoms with Gasteiger partial charge in [0.2, 0.25) is 0 Å². The third kappa shape index (κ3) is 9.26. The van der Waals surface area contributed by atoms with Gasteiger partial charge >= 0.3 is 11.9 Å². The van der Waals surface area contributed by atoms with Gasteiger partial charge in [-0.25, -0.2) is 9.59 Å². The van der Waals surface area contributed by atoms with Gasteiger partial charge in [0.15, 0.2) is 18.3 Å². The molecular weight excluding hydrogens is 466 g/mol. The van der Waals surface area contributed by atoms with Crippen molar-refractivity contribution in [1.82, 2.24) is 0 Å². The van der Waals surface area contributed by atoms with Crippen LogP contribution in [-0.2, 0) is 20.8 Å². The van der Waals surface area contributed by atoms with Crippen LogP contribution in [0.4, 0.5) is 5.69 Å². The largest absolute Gasteiger partial charge is 0.484 e. The highest BCUT2D eigenvalue weighted by Gasteiger charge is 2.24. The number of rotatable bonds is 11. The quantitative estimate of drug-likeness (QED) is 0.191. The molecule has 192 valence electrons. The molecule has 0 aliphatic rings. The Hall–Kier alpha value is -3.04. The van der Waals surface area contributed by atoms with Crippen LogP contribution in [0.1, 0.15) is 47.1 Å². The zero-order valence-electron chi connectivity index (χ0n) is 21.7. The highest BCUT2D eigenvalue weighted by atomic mass is 28.3. The number of esters is 2. The number of benzene rings is 2. The lowest BCUT2D eigenvalue weighted by molar-refractivity contribution is 0.00616. The normalized spacial score (nSPS) is 11.6. The van der Waals surface area contributed by atoms with Crippen molar-refractivity contribution in [3.05, 3.63) is 53.1 Å².